The van der Waals surface area contributed by atoms with Crippen molar-refractivity contribution >= 4 is 24.2 Å². The smallest absolute Gasteiger partial charge is 0.465 e. The molecule has 0 saturated carbocycles. The van der Waals surface area contributed by atoms with E-state index in [2.05, 4.69) is 43.9 Å². The topological polar surface area (TPSA) is 120 Å². The van der Waals surface area contributed by atoms with Crippen LogP contribution in [0.1, 0.15) is 27.7 Å². The number of amides is 1. The third kappa shape index (κ3) is 10.4. The van der Waals surface area contributed by atoms with Crippen LogP contribution in [-0.2, 0) is 19.0 Å². The van der Waals surface area contributed by atoms with E-state index in [1.807, 2.05) is 0 Å². The minimum atomic E-state index is -4.82. The SMILES string of the molecule is CC(CS(=O)(=O)c1ccc(Oc2ccc(OC(F)(F)F)cc2)cc1)(NC(=O)O)OCCO[Si](C)(C)C(C)(C)C. The molecule has 39 heavy (non-hydrogen) atoms. The molecule has 0 aromatic heterocycles. The molecule has 2 N–H and O–H groups in total. The van der Waals surface area contributed by atoms with Crippen molar-refractivity contribution in [1.82, 2.24) is 5.32 Å². The van der Waals surface area contributed by atoms with Crippen molar-refractivity contribution in [3.63, 3.8) is 0 Å². The Morgan fingerprint density at radius 1 is 0.897 bits per heavy atom. The molecule has 0 aliphatic heterocycles. The van der Waals surface area contributed by atoms with Gasteiger partial charge in [-0.3, -0.25) is 5.32 Å². The molecule has 0 aliphatic carbocycles. The summed E-state index contributed by atoms with van der Waals surface area (Å²) in [6.07, 6.45) is -6.27. The first-order chi connectivity index (χ1) is 17.7. The summed E-state index contributed by atoms with van der Waals surface area (Å²) in [6, 6.07) is 9.96. The number of alkyl halides is 3. The highest BCUT2D eigenvalue weighted by molar-refractivity contribution is 7.91. The maximum absolute atomic E-state index is 13.1. The highest BCUT2D eigenvalue weighted by atomic mass is 32.2. The van der Waals surface area contributed by atoms with E-state index in [0.29, 0.717) is 0 Å². The Labute approximate surface area is 227 Å². The molecule has 2 rings (SSSR count). The van der Waals surface area contributed by atoms with Gasteiger partial charge in [-0.1, -0.05) is 20.8 Å². The first-order valence-electron chi connectivity index (χ1n) is 11.9. The summed E-state index contributed by atoms with van der Waals surface area (Å²) >= 11 is 0. The van der Waals surface area contributed by atoms with E-state index < -0.39 is 47.8 Å². The molecule has 9 nitrogen and oxygen atoms in total. The molecule has 0 saturated heterocycles. The molecule has 0 aliphatic rings. The van der Waals surface area contributed by atoms with Crippen molar-refractivity contribution in [2.75, 3.05) is 19.0 Å². The predicted octanol–water partition coefficient (Wildman–Crippen LogP) is 6.17. The number of nitrogens with one attached hydrogen (secondary N) is 1. The zero-order valence-corrected chi connectivity index (χ0v) is 24.4. The number of carbonyl (C=O) groups is 1. The van der Waals surface area contributed by atoms with Crippen LogP contribution in [0.25, 0.3) is 0 Å². The van der Waals surface area contributed by atoms with Gasteiger partial charge in [0.2, 0.25) is 0 Å². The molecule has 1 unspecified atom stereocenters. The molecule has 0 bridgehead atoms. The van der Waals surface area contributed by atoms with Crippen LogP contribution in [0.3, 0.4) is 0 Å². The number of halogens is 3. The van der Waals surface area contributed by atoms with Crippen molar-refractivity contribution < 1.29 is 50.1 Å². The number of carboxylic acid groups (broad SMARTS) is 1. The minimum Gasteiger partial charge on any atom is -0.465 e. The molecule has 2 aromatic carbocycles. The monoisotopic (exact) mass is 593 g/mol. The largest absolute Gasteiger partial charge is 0.573 e. The Hall–Kier alpha value is -2.81. The quantitative estimate of drug-likeness (QED) is 0.170. The highest BCUT2D eigenvalue weighted by Crippen LogP contribution is 2.36. The molecule has 1 atom stereocenters. The molecule has 0 fully saturated rings. The Balaban J connectivity index is 2.07. The summed E-state index contributed by atoms with van der Waals surface area (Å²) in [6.45, 7) is 11.8. The van der Waals surface area contributed by atoms with Crippen LogP contribution < -0.4 is 14.8 Å². The summed E-state index contributed by atoms with van der Waals surface area (Å²) in [7, 11) is -6.10. The lowest BCUT2D eigenvalue weighted by Gasteiger charge is -2.36. The fourth-order valence-electron chi connectivity index (χ4n) is 3.13. The van der Waals surface area contributed by atoms with Gasteiger partial charge < -0.3 is 23.7 Å². The molecule has 1 amide bonds. The van der Waals surface area contributed by atoms with Gasteiger partial charge in [0.1, 0.15) is 23.0 Å². The number of benzene rings is 2. The number of sulfone groups is 1. The standard InChI is InChI=1S/C25H34F3NO8SSi/c1-23(2,3)39(5,6)35-16-15-34-24(4,29-22(30)31)17-38(32,33)21-13-11-19(12-14-21)36-18-7-9-20(10-8-18)37-25(26,27)28/h7-14,29H,15-17H2,1-6H3,(H,30,31). The number of ether oxygens (including phenoxy) is 3. The zero-order chi connectivity index (χ0) is 29.7. The summed E-state index contributed by atoms with van der Waals surface area (Å²) in [4.78, 5) is 11.3. The maximum Gasteiger partial charge on any atom is 0.573 e. The van der Waals surface area contributed by atoms with E-state index in [9.17, 15) is 31.5 Å². The Bertz CT molecular complexity index is 1210. The van der Waals surface area contributed by atoms with Crippen molar-refractivity contribution in [3.8, 4) is 17.2 Å². The van der Waals surface area contributed by atoms with E-state index in [1.54, 1.807) is 0 Å². The second kappa shape index (κ2) is 12.1. The summed E-state index contributed by atoms with van der Waals surface area (Å²) in [5.74, 6) is -0.675. The van der Waals surface area contributed by atoms with Crippen molar-refractivity contribution in [2.24, 2.45) is 0 Å². The number of hydrogen-bond donors (Lipinski definition) is 2. The van der Waals surface area contributed by atoms with E-state index in [-0.39, 0.29) is 34.6 Å². The van der Waals surface area contributed by atoms with Crippen LogP contribution >= 0.6 is 0 Å². The van der Waals surface area contributed by atoms with Crippen molar-refractivity contribution in [2.45, 2.75) is 62.8 Å². The second-order valence-electron chi connectivity index (χ2n) is 10.5. The molecular formula is C25H34F3NO8SSi. The van der Waals surface area contributed by atoms with Crippen LogP contribution in [0.4, 0.5) is 18.0 Å². The van der Waals surface area contributed by atoms with E-state index in [0.717, 1.165) is 12.1 Å². The lowest BCUT2D eigenvalue weighted by Crippen LogP contribution is -2.53. The maximum atomic E-state index is 13.1. The van der Waals surface area contributed by atoms with Gasteiger partial charge in [-0.15, -0.1) is 13.2 Å². The van der Waals surface area contributed by atoms with E-state index >= 15 is 0 Å². The van der Waals surface area contributed by atoms with Gasteiger partial charge in [-0.2, -0.15) is 0 Å². The molecule has 2 aromatic rings. The number of rotatable bonds is 12. The van der Waals surface area contributed by atoms with E-state index in [4.69, 9.17) is 13.9 Å². The predicted molar refractivity (Wildman–Crippen MR) is 140 cm³/mol. The van der Waals surface area contributed by atoms with Crippen LogP contribution in [0.2, 0.25) is 18.1 Å². The van der Waals surface area contributed by atoms with Crippen molar-refractivity contribution in [1.29, 1.82) is 0 Å². The van der Waals surface area contributed by atoms with Gasteiger partial charge in [0.05, 0.1) is 18.1 Å². The fourth-order valence-corrected chi connectivity index (χ4v) is 5.75. The average molecular weight is 594 g/mol. The minimum absolute atomic E-state index is 0.0294. The first kappa shape index (κ1) is 32.4. The Kier molecular flexibility index (Phi) is 10.1. The molecule has 0 heterocycles. The van der Waals surface area contributed by atoms with E-state index in [1.165, 1.54) is 43.3 Å². The summed E-state index contributed by atoms with van der Waals surface area (Å²) in [5, 5.41) is 11.4. The van der Waals surface area contributed by atoms with Crippen LogP contribution in [0, 0.1) is 0 Å². The third-order valence-electron chi connectivity index (χ3n) is 6.09. The molecular weight excluding hydrogens is 559 g/mol. The van der Waals surface area contributed by atoms with Crippen molar-refractivity contribution in [3.05, 3.63) is 48.5 Å². The van der Waals surface area contributed by atoms with Crippen LogP contribution in [0.5, 0.6) is 17.2 Å². The Morgan fingerprint density at radius 3 is 1.85 bits per heavy atom. The highest BCUT2D eigenvalue weighted by Gasteiger charge is 2.38. The lowest BCUT2D eigenvalue weighted by atomic mass is 10.2. The summed E-state index contributed by atoms with van der Waals surface area (Å²) < 4.78 is 84.1. The Morgan fingerprint density at radius 2 is 1.38 bits per heavy atom. The normalized spacial score (nSPS) is 14.4. The van der Waals surface area contributed by atoms with Gasteiger partial charge in [0.15, 0.2) is 23.9 Å². The molecule has 0 spiro atoms. The van der Waals surface area contributed by atoms with Gasteiger partial charge in [0.25, 0.3) is 0 Å². The zero-order valence-electron chi connectivity index (χ0n) is 22.6. The van der Waals surface area contributed by atoms with Crippen LogP contribution in [-0.4, -0.2) is 59.0 Å². The molecule has 0 radical (unpaired) electrons. The average Bonchev–Trinajstić information content (AvgIpc) is 2.76. The molecule has 14 heteroatoms. The third-order valence-corrected chi connectivity index (χ3v) is 12.5. The van der Waals surface area contributed by atoms with Gasteiger partial charge in [-0.05, 0) is 73.6 Å². The fraction of sp³-hybridized carbons (Fsp3) is 0.480. The summed E-state index contributed by atoms with van der Waals surface area (Å²) in [5.41, 5.74) is -1.75. The van der Waals surface area contributed by atoms with Gasteiger partial charge in [-0.25, -0.2) is 13.2 Å². The van der Waals surface area contributed by atoms with Gasteiger partial charge in [0, 0.05) is 0 Å². The molecule has 218 valence electrons. The second-order valence-corrected chi connectivity index (χ2v) is 17.3. The van der Waals surface area contributed by atoms with Gasteiger partial charge >= 0.3 is 12.5 Å². The lowest BCUT2D eigenvalue weighted by molar-refractivity contribution is -0.274. The number of hydrogen-bond acceptors (Lipinski definition) is 7. The van der Waals surface area contributed by atoms with Crippen LogP contribution in [0.15, 0.2) is 53.4 Å². The first-order valence-corrected chi connectivity index (χ1v) is 16.4.